The molecule has 3 aromatic carbocycles. The van der Waals surface area contributed by atoms with Crippen molar-refractivity contribution in [3.63, 3.8) is 0 Å². The summed E-state index contributed by atoms with van der Waals surface area (Å²) in [5.41, 5.74) is 2.79. The lowest BCUT2D eigenvalue weighted by Crippen LogP contribution is -2.54. The fourth-order valence-electron chi connectivity index (χ4n) is 5.47. The van der Waals surface area contributed by atoms with Gasteiger partial charge in [0.2, 0.25) is 21.8 Å². The van der Waals surface area contributed by atoms with Gasteiger partial charge in [0.1, 0.15) is 12.6 Å². The number of anilines is 1. The van der Waals surface area contributed by atoms with E-state index in [-0.39, 0.29) is 36.3 Å². The van der Waals surface area contributed by atoms with E-state index in [1.54, 1.807) is 6.92 Å². The number of nitrogens with zero attached hydrogens (tertiary/aromatic N) is 3. The minimum absolute atomic E-state index is 0.0150. The summed E-state index contributed by atoms with van der Waals surface area (Å²) in [6, 6.07) is 19.9. The number of benzene rings is 3. The zero-order valence-corrected chi connectivity index (χ0v) is 25.5. The number of hydrogen-bond donors (Lipinski definition) is 1. The van der Waals surface area contributed by atoms with Gasteiger partial charge >= 0.3 is 0 Å². The van der Waals surface area contributed by atoms with Gasteiger partial charge in [0.05, 0.1) is 16.9 Å². The number of nitro groups is 1. The van der Waals surface area contributed by atoms with Gasteiger partial charge in [-0.05, 0) is 48.9 Å². The predicted octanol–water partition coefficient (Wildman–Crippen LogP) is 4.68. The van der Waals surface area contributed by atoms with Gasteiger partial charge in [0.25, 0.3) is 5.69 Å². The van der Waals surface area contributed by atoms with E-state index in [1.807, 2.05) is 61.5 Å². The van der Waals surface area contributed by atoms with E-state index >= 15 is 0 Å². The minimum Gasteiger partial charge on any atom is -0.352 e. The summed E-state index contributed by atoms with van der Waals surface area (Å²) in [5, 5.41) is 14.6. The third-order valence-corrected chi connectivity index (χ3v) is 9.05. The van der Waals surface area contributed by atoms with Crippen molar-refractivity contribution in [2.45, 2.75) is 64.6 Å². The predicted molar refractivity (Wildman–Crippen MR) is 166 cm³/mol. The molecule has 0 radical (unpaired) electrons. The Hall–Kier alpha value is -4.25. The summed E-state index contributed by atoms with van der Waals surface area (Å²) in [4.78, 5) is 40.6. The lowest BCUT2D eigenvalue weighted by atomic mass is 10.0. The molecule has 1 N–H and O–H groups in total. The van der Waals surface area contributed by atoms with Crippen LogP contribution >= 0.6 is 0 Å². The quantitative estimate of drug-likeness (QED) is 0.236. The highest BCUT2D eigenvalue weighted by molar-refractivity contribution is 7.92. The number of hydrogen-bond acceptors (Lipinski definition) is 6. The molecule has 0 aromatic heterocycles. The zero-order chi connectivity index (χ0) is 31.1. The van der Waals surface area contributed by atoms with E-state index < -0.39 is 33.4 Å². The average Bonchev–Trinajstić information content (AvgIpc) is 3.47. The van der Waals surface area contributed by atoms with Crippen molar-refractivity contribution in [1.29, 1.82) is 0 Å². The first-order chi connectivity index (χ1) is 20.4. The normalized spacial score (nSPS) is 14.2. The maximum Gasteiger partial charge on any atom is 0.271 e. The second kappa shape index (κ2) is 13.8. The van der Waals surface area contributed by atoms with Crippen LogP contribution in [0, 0.1) is 24.0 Å². The fraction of sp³-hybridized carbons (Fsp3) is 0.375. The molecule has 1 atom stereocenters. The first-order valence-electron chi connectivity index (χ1n) is 14.3. The van der Waals surface area contributed by atoms with E-state index in [1.165, 1.54) is 17.0 Å². The van der Waals surface area contributed by atoms with Gasteiger partial charge < -0.3 is 10.2 Å². The number of nitro benzene ring substituents is 1. The molecule has 1 saturated carbocycles. The molecule has 0 spiro atoms. The average molecular weight is 607 g/mol. The second-order valence-electron chi connectivity index (χ2n) is 11.1. The largest absolute Gasteiger partial charge is 0.352 e. The topological polar surface area (TPSA) is 130 Å². The van der Waals surface area contributed by atoms with Crippen LogP contribution in [0.4, 0.5) is 11.4 Å². The van der Waals surface area contributed by atoms with E-state index in [9.17, 15) is 28.1 Å². The number of nitrogens with one attached hydrogen (secondary N) is 1. The maximum absolute atomic E-state index is 14.3. The highest BCUT2D eigenvalue weighted by Crippen LogP contribution is 2.28. The number of carbonyl (C=O) groups excluding carboxylic acids is 2. The van der Waals surface area contributed by atoms with Crippen LogP contribution in [0.3, 0.4) is 0 Å². The SMILES string of the molecule is Cc1ccccc1CN(C(=O)CN(c1cc([N+](=O)[O-])ccc1C)S(C)(=O)=O)C(Cc1ccccc1)C(=O)NC1CCCC1. The molecule has 1 fully saturated rings. The monoisotopic (exact) mass is 606 g/mol. The van der Waals surface area contributed by atoms with Gasteiger partial charge in [-0.3, -0.25) is 24.0 Å². The molecule has 1 unspecified atom stereocenters. The minimum atomic E-state index is -4.05. The van der Waals surface area contributed by atoms with Crippen molar-refractivity contribution in [2.75, 3.05) is 17.1 Å². The zero-order valence-electron chi connectivity index (χ0n) is 24.7. The van der Waals surface area contributed by atoms with Crippen molar-refractivity contribution >= 4 is 33.2 Å². The molecule has 1 aliphatic carbocycles. The van der Waals surface area contributed by atoms with Crippen LogP contribution < -0.4 is 9.62 Å². The Morgan fingerprint density at radius 1 is 0.977 bits per heavy atom. The second-order valence-corrected chi connectivity index (χ2v) is 13.0. The Balaban J connectivity index is 1.77. The Labute approximate surface area is 252 Å². The molecule has 0 aliphatic heterocycles. The van der Waals surface area contributed by atoms with Crippen molar-refractivity contribution in [2.24, 2.45) is 0 Å². The molecule has 10 nitrogen and oxygen atoms in total. The van der Waals surface area contributed by atoms with Gasteiger partial charge in [-0.25, -0.2) is 8.42 Å². The Kier molecular flexibility index (Phi) is 10.2. The van der Waals surface area contributed by atoms with Crippen LogP contribution in [0.25, 0.3) is 0 Å². The molecule has 43 heavy (non-hydrogen) atoms. The molecule has 1 aliphatic rings. The van der Waals surface area contributed by atoms with Crippen molar-refractivity contribution < 1.29 is 22.9 Å². The van der Waals surface area contributed by atoms with Crippen LogP contribution in [-0.2, 0) is 32.6 Å². The third kappa shape index (κ3) is 8.19. The van der Waals surface area contributed by atoms with E-state index in [2.05, 4.69) is 5.32 Å². The summed E-state index contributed by atoms with van der Waals surface area (Å²) in [7, 11) is -4.05. The van der Waals surface area contributed by atoms with Crippen molar-refractivity contribution in [1.82, 2.24) is 10.2 Å². The molecule has 3 aromatic rings. The molecular formula is C32H38N4O6S. The highest BCUT2D eigenvalue weighted by Gasteiger charge is 2.35. The van der Waals surface area contributed by atoms with Crippen molar-refractivity contribution in [3.05, 3.63) is 105 Å². The van der Waals surface area contributed by atoms with Crippen LogP contribution in [-0.4, -0.2) is 54.9 Å². The van der Waals surface area contributed by atoms with Crippen LogP contribution in [0.1, 0.15) is 47.9 Å². The fourth-order valence-corrected chi connectivity index (χ4v) is 6.37. The molecular weight excluding hydrogens is 568 g/mol. The van der Waals surface area contributed by atoms with Crippen LogP contribution in [0.2, 0.25) is 0 Å². The maximum atomic E-state index is 14.3. The summed E-state index contributed by atoms with van der Waals surface area (Å²) in [5.74, 6) is -0.891. The van der Waals surface area contributed by atoms with Crippen molar-refractivity contribution in [3.8, 4) is 0 Å². The van der Waals surface area contributed by atoms with Gasteiger partial charge in [0, 0.05) is 31.1 Å². The molecule has 11 heteroatoms. The smallest absolute Gasteiger partial charge is 0.271 e. The van der Waals surface area contributed by atoms with Gasteiger partial charge in [-0.1, -0.05) is 73.5 Å². The molecule has 2 amide bonds. The summed E-state index contributed by atoms with van der Waals surface area (Å²) >= 11 is 0. The van der Waals surface area contributed by atoms with Crippen LogP contribution in [0.5, 0.6) is 0 Å². The van der Waals surface area contributed by atoms with Gasteiger partial charge in [-0.2, -0.15) is 0 Å². The first-order valence-corrected chi connectivity index (χ1v) is 16.2. The van der Waals surface area contributed by atoms with Crippen LogP contribution in [0.15, 0.2) is 72.8 Å². The Morgan fingerprint density at radius 2 is 1.63 bits per heavy atom. The van der Waals surface area contributed by atoms with Gasteiger partial charge in [0.15, 0.2) is 0 Å². The number of amides is 2. The lowest BCUT2D eigenvalue weighted by Gasteiger charge is -2.34. The Morgan fingerprint density at radius 3 is 2.26 bits per heavy atom. The summed E-state index contributed by atoms with van der Waals surface area (Å²) in [6.07, 6.45) is 4.95. The van der Waals surface area contributed by atoms with E-state index in [4.69, 9.17) is 0 Å². The number of aryl methyl sites for hydroxylation is 2. The van der Waals surface area contributed by atoms with E-state index in [0.717, 1.165) is 59.0 Å². The Bertz CT molecular complexity index is 1570. The highest BCUT2D eigenvalue weighted by atomic mass is 32.2. The molecule has 228 valence electrons. The number of sulfonamides is 1. The molecule has 0 bridgehead atoms. The number of carbonyl (C=O) groups is 2. The lowest BCUT2D eigenvalue weighted by molar-refractivity contribution is -0.384. The summed E-state index contributed by atoms with van der Waals surface area (Å²) in [6.45, 7) is 2.99. The van der Waals surface area contributed by atoms with E-state index in [0.29, 0.717) is 5.56 Å². The standard InChI is InChI=1S/C32H38N4O6S/c1-23-11-7-8-14-26(23)21-34(30(19-25-12-5-4-6-13-25)32(38)33-27-15-9-10-16-27)31(37)22-35(43(3,41)42)29-20-28(36(39)40)18-17-24(29)2/h4-8,11-14,17-18,20,27,30H,9-10,15-16,19,21-22H2,1-3H3,(H,33,38). The molecule has 4 rings (SSSR count). The number of non-ortho nitro benzene ring substituents is 1. The third-order valence-electron chi connectivity index (χ3n) is 7.93. The summed E-state index contributed by atoms with van der Waals surface area (Å²) < 4.78 is 27.0. The molecule has 0 saturated heterocycles. The number of rotatable bonds is 12. The first kappa shape index (κ1) is 31.7. The molecule has 0 heterocycles. The van der Waals surface area contributed by atoms with Gasteiger partial charge in [-0.15, -0.1) is 0 Å².